The van der Waals surface area contributed by atoms with Gasteiger partial charge in [-0.2, -0.15) is 4.98 Å². The van der Waals surface area contributed by atoms with Crippen molar-refractivity contribution in [3.8, 4) is 0 Å². The van der Waals surface area contributed by atoms with E-state index in [1.807, 2.05) is 4.90 Å². The van der Waals surface area contributed by atoms with Crippen molar-refractivity contribution in [2.45, 2.75) is 26.2 Å². The van der Waals surface area contributed by atoms with Crippen molar-refractivity contribution >= 4 is 11.8 Å². The van der Waals surface area contributed by atoms with Crippen LogP contribution in [0.25, 0.3) is 0 Å². The fourth-order valence-electron chi connectivity index (χ4n) is 2.75. The number of hydrogen-bond acceptors (Lipinski definition) is 5. The molecule has 0 saturated carbocycles. The molecule has 0 bridgehead atoms. The molecule has 0 spiro atoms. The third kappa shape index (κ3) is 4.52. The van der Waals surface area contributed by atoms with Crippen LogP contribution in [0.3, 0.4) is 0 Å². The van der Waals surface area contributed by atoms with Crippen molar-refractivity contribution in [1.82, 2.24) is 14.9 Å². The minimum absolute atomic E-state index is 0.330. The Labute approximate surface area is 126 Å². The van der Waals surface area contributed by atoms with Gasteiger partial charge in [-0.1, -0.05) is 6.92 Å². The van der Waals surface area contributed by atoms with Crippen molar-refractivity contribution in [2.75, 3.05) is 50.5 Å². The van der Waals surface area contributed by atoms with Gasteiger partial charge in [0.2, 0.25) is 5.95 Å². The molecule has 0 unspecified atom stereocenters. The molecule has 0 aromatic carbocycles. The summed E-state index contributed by atoms with van der Waals surface area (Å²) < 4.78 is 14.0. The second kappa shape index (κ2) is 7.54. The summed E-state index contributed by atoms with van der Waals surface area (Å²) in [5.74, 6) is 1.32. The average Bonchev–Trinajstić information content (AvgIpc) is 2.47. The zero-order valence-electron chi connectivity index (χ0n) is 13.3. The Kier molecular flexibility index (Phi) is 5.73. The van der Waals surface area contributed by atoms with Gasteiger partial charge in [-0.05, 0) is 39.3 Å². The predicted octanol–water partition coefficient (Wildman–Crippen LogP) is 2.22. The van der Waals surface area contributed by atoms with Crippen LogP contribution in [0.5, 0.6) is 0 Å². The van der Waals surface area contributed by atoms with Crippen LogP contribution in [-0.2, 0) is 0 Å². The number of rotatable bonds is 6. The minimum Gasteiger partial charge on any atom is -0.354 e. The number of anilines is 2. The van der Waals surface area contributed by atoms with E-state index in [0.717, 1.165) is 45.4 Å². The molecular weight excluding hydrogens is 269 g/mol. The van der Waals surface area contributed by atoms with Crippen LogP contribution in [0.1, 0.15) is 26.2 Å². The number of hydrogen-bond donors (Lipinski definition) is 1. The zero-order chi connectivity index (χ0) is 15.2. The quantitative estimate of drug-likeness (QED) is 0.872. The molecule has 1 N–H and O–H groups in total. The van der Waals surface area contributed by atoms with Crippen LogP contribution in [-0.4, -0.2) is 55.1 Å². The van der Waals surface area contributed by atoms with Gasteiger partial charge >= 0.3 is 0 Å². The lowest BCUT2D eigenvalue weighted by Crippen LogP contribution is -2.38. The maximum atomic E-state index is 14.0. The van der Waals surface area contributed by atoms with Gasteiger partial charge in [0.05, 0.1) is 6.20 Å². The van der Waals surface area contributed by atoms with Crippen LogP contribution < -0.4 is 10.2 Å². The van der Waals surface area contributed by atoms with Gasteiger partial charge in [-0.15, -0.1) is 0 Å². The number of piperidine rings is 1. The number of aromatic nitrogens is 2. The van der Waals surface area contributed by atoms with Crippen LogP contribution in [0.15, 0.2) is 6.20 Å². The van der Waals surface area contributed by atoms with Gasteiger partial charge in [0.1, 0.15) is 0 Å². The van der Waals surface area contributed by atoms with E-state index in [0.29, 0.717) is 17.7 Å². The smallest absolute Gasteiger partial charge is 0.224 e. The summed E-state index contributed by atoms with van der Waals surface area (Å²) in [5, 5.41) is 3.11. The first-order valence-corrected chi connectivity index (χ1v) is 7.76. The topological polar surface area (TPSA) is 44.3 Å². The second-order valence-corrected chi connectivity index (χ2v) is 5.98. The Morgan fingerprint density at radius 1 is 1.38 bits per heavy atom. The van der Waals surface area contributed by atoms with Crippen molar-refractivity contribution in [3.63, 3.8) is 0 Å². The summed E-state index contributed by atoms with van der Waals surface area (Å²) >= 11 is 0. The van der Waals surface area contributed by atoms with Crippen LogP contribution in [0.2, 0.25) is 0 Å². The molecule has 1 aliphatic rings. The van der Waals surface area contributed by atoms with Gasteiger partial charge in [0, 0.05) is 26.2 Å². The molecule has 5 nitrogen and oxygen atoms in total. The van der Waals surface area contributed by atoms with Crippen LogP contribution in [0.4, 0.5) is 16.2 Å². The molecule has 0 aliphatic carbocycles. The van der Waals surface area contributed by atoms with Crippen molar-refractivity contribution in [1.29, 1.82) is 0 Å². The fraction of sp³-hybridized carbons (Fsp3) is 0.733. The maximum Gasteiger partial charge on any atom is 0.224 e. The number of nitrogens with zero attached hydrogens (tertiary/aromatic N) is 4. The highest BCUT2D eigenvalue weighted by Gasteiger charge is 2.23. The molecule has 118 valence electrons. The van der Waals surface area contributed by atoms with Gasteiger partial charge in [-0.25, -0.2) is 9.37 Å². The lowest BCUT2D eigenvalue weighted by molar-refractivity contribution is 0.284. The highest BCUT2D eigenvalue weighted by molar-refractivity contribution is 5.44. The van der Waals surface area contributed by atoms with Crippen molar-refractivity contribution < 1.29 is 4.39 Å². The van der Waals surface area contributed by atoms with E-state index < -0.39 is 0 Å². The molecule has 2 rings (SSSR count). The lowest BCUT2D eigenvalue weighted by Gasteiger charge is -2.34. The Balaban J connectivity index is 1.98. The summed E-state index contributed by atoms with van der Waals surface area (Å²) in [6.07, 6.45) is 4.43. The Hall–Kier alpha value is -1.43. The van der Waals surface area contributed by atoms with E-state index in [9.17, 15) is 4.39 Å². The van der Waals surface area contributed by atoms with Gasteiger partial charge in [0.15, 0.2) is 11.6 Å². The molecule has 1 fully saturated rings. The molecule has 0 atom stereocenters. The fourth-order valence-corrected chi connectivity index (χ4v) is 2.75. The summed E-state index contributed by atoms with van der Waals surface area (Å²) in [6, 6.07) is 0. The highest BCUT2D eigenvalue weighted by atomic mass is 19.1. The van der Waals surface area contributed by atoms with E-state index in [2.05, 4.69) is 41.2 Å². The summed E-state index contributed by atoms with van der Waals surface area (Å²) in [4.78, 5) is 12.6. The summed E-state index contributed by atoms with van der Waals surface area (Å²) in [7, 11) is 4.20. The summed E-state index contributed by atoms with van der Waals surface area (Å²) in [6.45, 7) is 5.70. The Bertz CT molecular complexity index is 444. The van der Waals surface area contributed by atoms with Crippen LogP contribution >= 0.6 is 0 Å². The number of nitrogens with one attached hydrogen (secondary N) is 1. The zero-order valence-corrected chi connectivity index (χ0v) is 13.3. The van der Waals surface area contributed by atoms with Crippen LogP contribution in [0, 0.1) is 11.7 Å². The molecule has 0 radical (unpaired) electrons. The lowest BCUT2D eigenvalue weighted by atomic mass is 9.96. The minimum atomic E-state index is -0.330. The SMILES string of the molecule is CCCNc1ncc(F)c(N2CCC(CN(C)C)CC2)n1. The molecule has 1 saturated heterocycles. The number of halogens is 1. The third-order valence-corrected chi connectivity index (χ3v) is 3.80. The molecule has 0 amide bonds. The molecule has 2 heterocycles. The molecule has 21 heavy (non-hydrogen) atoms. The van der Waals surface area contributed by atoms with Crippen molar-refractivity contribution in [2.24, 2.45) is 5.92 Å². The third-order valence-electron chi connectivity index (χ3n) is 3.80. The highest BCUT2D eigenvalue weighted by Crippen LogP contribution is 2.24. The molecule has 1 aromatic heterocycles. The van der Waals surface area contributed by atoms with Gasteiger partial charge < -0.3 is 15.1 Å². The second-order valence-electron chi connectivity index (χ2n) is 5.98. The molecular formula is C15H26FN5. The van der Waals surface area contributed by atoms with Gasteiger partial charge in [0.25, 0.3) is 0 Å². The first-order chi connectivity index (χ1) is 10.1. The molecule has 1 aromatic rings. The average molecular weight is 295 g/mol. The van der Waals surface area contributed by atoms with E-state index >= 15 is 0 Å². The first-order valence-electron chi connectivity index (χ1n) is 7.76. The summed E-state index contributed by atoms with van der Waals surface area (Å²) in [5.41, 5.74) is 0. The Morgan fingerprint density at radius 3 is 2.71 bits per heavy atom. The Morgan fingerprint density at radius 2 is 2.10 bits per heavy atom. The first kappa shape index (κ1) is 15.9. The van der Waals surface area contributed by atoms with E-state index in [4.69, 9.17) is 0 Å². The monoisotopic (exact) mass is 295 g/mol. The maximum absolute atomic E-state index is 14.0. The van der Waals surface area contributed by atoms with E-state index in [1.165, 1.54) is 6.20 Å². The standard InChI is InChI=1S/C15H26FN5/c1-4-7-17-15-18-10-13(16)14(19-15)21-8-5-12(6-9-21)11-20(2)3/h10,12H,4-9,11H2,1-3H3,(H,17,18,19). The van der Waals surface area contributed by atoms with Crippen molar-refractivity contribution in [3.05, 3.63) is 12.0 Å². The molecule has 1 aliphatic heterocycles. The van der Waals surface area contributed by atoms with Gasteiger partial charge in [-0.3, -0.25) is 0 Å². The normalized spacial score (nSPS) is 16.5. The van der Waals surface area contributed by atoms with E-state index in [1.54, 1.807) is 0 Å². The van der Waals surface area contributed by atoms with E-state index in [-0.39, 0.29) is 5.82 Å². The predicted molar refractivity (Wildman–Crippen MR) is 84.3 cm³/mol. The largest absolute Gasteiger partial charge is 0.354 e. The molecule has 6 heteroatoms.